The fraction of sp³-hybridized carbons (Fsp3) is 0.370. The van der Waals surface area contributed by atoms with Crippen LogP contribution in [0.4, 0.5) is 22.0 Å². The van der Waals surface area contributed by atoms with Crippen LogP contribution in [0.3, 0.4) is 0 Å². The van der Waals surface area contributed by atoms with E-state index in [2.05, 4.69) is 11.6 Å². The van der Waals surface area contributed by atoms with E-state index in [1.54, 1.807) is 36.5 Å². The molecule has 3 aliphatic rings. The van der Waals surface area contributed by atoms with Crippen LogP contribution in [0.5, 0.6) is 5.75 Å². The molecule has 2 aromatic carbocycles. The van der Waals surface area contributed by atoms with E-state index in [0.29, 0.717) is 48.1 Å². The van der Waals surface area contributed by atoms with E-state index in [0.717, 1.165) is 0 Å². The molecule has 0 saturated carbocycles. The first-order chi connectivity index (χ1) is 17.2. The van der Waals surface area contributed by atoms with Crippen LogP contribution in [0.2, 0.25) is 0 Å². The summed E-state index contributed by atoms with van der Waals surface area (Å²) in [4.78, 5) is 4.35. The van der Waals surface area contributed by atoms with Gasteiger partial charge in [-0.2, -0.15) is 0 Å². The number of methoxy groups -OCH3 is 1. The molecule has 1 aromatic heterocycles. The third kappa shape index (κ3) is 3.76. The maximum Gasteiger partial charge on any atom is 0.200 e. The lowest BCUT2D eigenvalue weighted by Gasteiger charge is -2.58. The van der Waals surface area contributed by atoms with Gasteiger partial charge >= 0.3 is 0 Å². The Bertz CT molecular complexity index is 1320. The van der Waals surface area contributed by atoms with Gasteiger partial charge in [0, 0.05) is 30.3 Å². The smallest absolute Gasteiger partial charge is 0.200 e. The number of ether oxygens (including phenoxy) is 1. The zero-order chi connectivity index (χ0) is 25.8. The van der Waals surface area contributed by atoms with E-state index in [9.17, 15) is 27.1 Å². The number of aliphatic hydroxyl groups excluding tert-OH is 1. The first-order valence-electron chi connectivity index (χ1n) is 11.8. The van der Waals surface area contributed by atoms with Crippen molar-refractivity contribution in [3.63, 3.8) is 0 Å². The van der Waals surface area contributed by atoms with E-state index in [4.69, 9.17) is 4.74 Å². The summed E-state index contributed by atoms with van der Waals surface area (Å²) >= 11 is 0. The number of fused-ring (bicyclic) bond motifs is 4. The van der Waals surface area contributed by atoms with Crippen molar-refractivity contribution in [1.29, 1.82) is 0 Å². The summed E-state index contributed by atoms with van der Waals surface area (Å²) < 4.78 is 76.7. The molecule has 9 heteroatoms. The molecule has 3 saturated heterocycles. The van der Waals surface area contributed by atoms with Gasteiger partial charge in [-0.3, -0.25) is 4.98 Å². The molecule has 0 radical (unpaired) electrons. The van der Waals surface area contributed by atoms with Crippen LogP contribution in [0.25, 0.3) is 10.9 Å². The lowest BCUT2D eigenvalue weighted by molar-refractivity contribution is -0.985. The minimum Gasteiger partial charge on any atom is -0.497 e. The molecule has 36 heavy (non-hydrogen) atoms. The minimum atomic E-state index is -2.18. The maximum atomic E-state index is 14.8. The molecule has 3 aromatic rings. The van der Waals surface area contributed by atoms with Crippen LogP contribution in [-0.4, -0.2) is 40.8 Å². The fourth-order valence-corrected chi connectivity index (χ4v) is 6.22. The van der Waals surface area contributed by atoms with Crippen LogP contribution in [0.15, 0.2) is 43.1 Å². The van der Waals surface area contributed by atoms with Crippen molar-refractivity contribution < 1.29 is 36.3 Å². The Balaban J connectivity index is 1.62. The van der Waals surface area contributed by atoms with E-state index in [1.165, 1.54) is 7.11 Å². The number of rotatable bonds is 6. The van der Waals surface area contributed by atoms with Crippen LogP contribution < -0.4 is 4.74 Å². The Hall–Kier alpha value is -3.04. The lowest BCUT2D eigenvalue weighted by atomic mass is 9.71. The zero-order valence-corrected chi connectivity index (χ0v) is 19.7. The third-order valence-corrected chi connectivity index (χ3v) is 8.11. The highest BCUT2D eigenvalue weighted by atomic mass is 19.2. The van der Waals surface area contributed by atoms with E-state index in [1.807, 2.05) is 0 Å². The molecule has 4 heterocycles. The molecule has 6 rings (SSSR count). The minimum absolute atomic E-state index is 0.00209. The van der Waals surface area contributed by atoms with Crippen LogP contribution in [0.1, 0.15) is 30.1 Å². The van der Waals surface area contributed by atoms with Crippen LogP contribution in [0, 0.1) is 40.9 Å². The van der Waals surface area contributed by atoms with Gasteiger partial charge in [-0.1, -0.05) is 6.08 Å². The summed E-state index contributed by atoms with van der Waals surface area (Å²) in [6.45, 7) is 4.27. The van der Waals surface area contributed by atoms with E-state index < -0.39 is 53.3 Å². The number of quaternary nitrogens is 1. The molecule has 0 amide bonds. The largest absolute Gasteiger partial charge is 0.497 e. The predicted octanol–water partition coefficient (Wildman–Crippen LogP) is 5.58. The Morgan fingerprint density at radius 3 is 2.47 bits per heavy atom. The molecule has 3 fully saturated rings. The average Bonchev–Trinajstić information content (AvgIpc) is 2.92. The molecule has 190 valence electrons. The second-order valence-corrected chi connectivity index (χ2v) is 9.81. The standard InChI is InChI=1S/C27H26F5N2O2/c1-3-14-12-34(13-19-22(28)24(30)26(32)25(31)23(19)29)9-7-15(14)10-21(34)27(35)17-6-8-33-20-5-4-16(36-2)11-18(17)20/h3-6,8,11,14-15,21,27,35H,1,7,9-10,12-13H2,2H3/q+1/t14-,15-,21-,27+,34-/m0/s1. The first-order valence-corrected chi connectivity index (χ1v) is 11.8. The Kier molecular flexibility index (Phi) is 6.24. The summed E-state index contributed by atoms with van der Waals surface area (Å²) in [6.07, 6.45) is 3.49. The normalized spacial score (nSPS) is 26.2. The predicted molar refractivity (Wildman–Crippen MR) is 123 cm³/mol. The molecule has 0 spiro atoms. The molecular weight excluding hydrogens is 479 g/mol. The van der Waals surface area contributed by atoms with Crippen LogP contribution >= 0.6 is 0 Å². The molecule has 0 unspecified atom stereocenters. The Morgan fingerprint density at radius 1 is 1.11 bits per heavy atom. The molecule has 1 N–H and O–H groups in total. The Labute approximate surface area is 205 Å². The number of benzene rings is 2. The quantitative estimate of drug-likeness (QED) is 0.156. The van der Waals surface area contributed by atoms with Gasteiger partial charge in [-0.05, 0) is 35.7 Å². The molecule has 4 nitrogen and oxygen atoms in total. The van der Waals surface area contributed by atoms with Gasteiger partial charge in [0.15, 0.2) is 23.3 Å². The summed E-state index contributed by atoms with van der Waals surface area (Å²) in [5, 5.41) is 12.4. The highest BCUT2D eigenvalue weighted by Crippen LogP contribution is 2.48. The van der Waals surface area contributed by atoms with Gasteiger partial charge < -0.3 is 14.3 Å². The Morgan fingerprint density at radius 2 is 1.81 bits per heavy atom. The number of pyridine rings is 1. The number of piperidine rings is 3. The summed E-state index contributed by atoms with van der Waals surface area (Å²) in [7, 11) is 1.53. The van der Waals surface area contributed by atoms with Crippen molar-refractivity contribution in [3.05, 3.63) is 83.3 Å². The zero-order valence-electron chi connectivity index (χ0n) is 19.7. The monoisotopic (exact) mass is 505 g/mol. The van der Waals surface area contributed by atoms with Crippen molar-refractivity contribution in [3.8, 4) is 5.75 Å². The number of nitrogens with zero attached hydrogens (tertiary/aromatic N) is 2. The molecule has 2 bridgehead atoms. The van der Waals surface area contributed by atoms with Gasteiger partial charge in [0.1, 0.15) is 24.4 Å². The lowest BCUT2D eigenvalue weighted by Crippen LogP contribution is -2.67. The van der Waals surface area contributed by atoms with Crippen molar-refractivity contribution in [2.45, 2.75) is 31.5 Å². The first kappa shape index (κ1) is 24.6. The SMILES string of the molecule is C=C[C@H]1C[N@+]2(Cc3c(F)c(F)c(F)c(F)c3F)CC[C@H]1C[C@H]2[C@H](O)c1ccnc2ccc(OC)cc12. The number of aromatic nitrogens is 1. The summed E-state index contributed by atoms with van der Waals surface area (Å²) in [5.74, 6) is -8.98. The number of hydrogen-bond donors (Lipinski definition) is 1. The summed E-state index contributed by atoms with van der Waals surface area (Å²) in [5.41, 5.74) is 0.355. The maximum absolute atomic E-state index is 14.8. The van der Waals surface area contributed by atoms with Crippen molar-refractivity contribution in [2.24, 2.45) is 11.8 Å². The molecule has 0 aliphatic carbocycles. The molecule has 3 aliphatic heterocycles. The topological polar surface area (TPSA) is 42.4 Å². The average molecular weight is 506 g/mol. The van der Waals surface area contributed by atoms with E-state index in [-0.39, 0.29) is 16.3 Å². The second-order valence-electron chi connectivity index (χ2n) is 9.81. The van der Waals surface area contributed by atoms with Crippen molar-refractivity contribution in [1.82, 2.24) is 4.98 Å². The van der Waals surface area contributed by atoms with Gasteiger partial charge in [-0.15, -0.1) is 6.58 Å². The fourth-order valence-electron chi connectivity index (χ4n) is 6.22. The number of hydrogen-bond acceptors (Lipinski definition) is 3. The van der Waals surface area contributed by atoms with Crippen molar-refractivity contribution >= 4 is 10.9 Å². The van der Waals surface area contributed by atoms with E-state index >= 15 is 0 Å². The molecule has 5 atom stereocenters. The van der Waals surface area contributed by atoms with Gasteiger partial charge in [0.25, 0.3) is 0 Å². The van der Waals surface area contributed by atoms with Gasteiger partial charge in [-0.25, -0.2) is 22.0 Å². The second kappa shape index (κ2) is 9.12. The molecular formula is C27H26F5N2O2+. The third-order valence-electron chi connectivity index (χ3n) is 8.11. The highest BCUT2D eigenvalue weighted by molar-refractivity contribution is 5.83. The summed E-state index contributed by atoms with van der Waals surface area (Å²) in [6, 6.07) is 6.44. The van der Waals surface area contributed by atoms with Gasteiger partial charge in [0.2, 0.25) is 5.82 Å². The van der Waals surface area contributed by atoms with Crippen LogP contribution in [-0.2, 0) is 6.54 Å². The van der Waals surface area contributed by atoms with Gasteiger partial charge in [0.05, 0.1) is 31.3 Å². The number of halogens is 5. The highest BCUT2D eigenvalue weighted by Gasteiger charge is 2.54. The van der Waals surface area contributed by atoms with Crippen molar-refractivity contribution in [2.75, 3.05) is 20.2 Å². The number of aliphatic hydroxyl groups is 1.